The molecule has 0 aliphatic rings. The van der Waals surface area contributed by atoms with Crippen molar-refractivity contribution in [2.75, 3.05) is 12.4 Å². The van der Waals surface area contributed by atoms with E-state index in [1.165, 1.54) is 0 Å². The van der Waals surface area contributed by atoms with Gasteiger partial charge >= 0.3 is 0 Å². The van der Waals surface area contributed by atoms with Crippen LogP contribution in [0, 0.1) is 0 Å². The van der Waals surface area contributed by atoms with Gasteiger partial charge in [0, 0.05) is 4.47 Å². The first-order valence-electron chi connectivity index (χ1n) is 5.72. The fourth-order valence-corrected chi connectivity index (χ4v) is 2.44. The van der Waals surface area contributed by atoms with Gasteiger partial charge in [-0.25, -0.2) is 13.6 Å². The van der Waals surface area contributed by atoms with Crippen molar-refractivity contribution in [3.05, 3.63) is 28.2 Å². The molecular weight excluding hydrogens is 318 g/mol. The average Bonchev–Trinajstić information content (AvgIpc) is 2.24. The highest BCUT2D eigenvalue weighted by atomic mass is 79.9. The normalized spacial score (nSPS) is 11.8. The van der Waals surface area contributed by atoms with Crippen molar-refractivity contribution >= 4 is 26.0 Å². The van der Waals surface area contributed by atoms with Gasteiger partial charge in [0.25, 0.3) is 0 Å². The summed E-state index contributed by atoms with van der Waals surface area (Å²) in [6, 6.07) is 5.80. The van der Waals surface area contributed by atoms with Gasteiger partial charge in [-0.2, -0.15) is 0 Å². The number of sulfonamides is 1. The van der Waals surface area contributed by atoms with Gasteiger partial charge in [0.15, 0.2) is 0 Å². The van der Waals surface area contributed by atoms with E-state index in [-0.39, 0.29) is 5.75 Å². The fourth-order valence-electron chi connectivity index (χ4n) is 1.54. The molecule has 0 bridgehead atoms. The van der Waals surface area contributed by atoms with Crippen LogP contribution in [0.4, 0.5) is 0 Å². The number of hydrogen-bond acceptors (Lipinski definition) is 3. The molecule has 0 heterocycles. The van der Waals surface area contributed by atoms with Crippen molar-refractivity contribution < 1.29 is 13.2 Å². The number of benzene rings is 1. The largest absolute Gasteiger partial charge is 0.493 e. The standard InChI is InChI=1S/C12H18BrNO3S/c1-9(2)11-8-10(13)4-5-12(11)17-6-3-7-18(14,15)16/h4-5,8-9H,3,6-7H2,1-2H3,(H2,14,15,16). The lowest BCUT2D eigenvalue weighted by molar-refractivity contribution is 0.313. The highest BCUT2D eigenvalue weighted by molar-refractivity contribution is 9.10. The van der Waals surface area contributed by atoms with Gasteiger partial charge in [0.2, 0.25) is 10.0 Å². The van der Waals surface area contributed by atoms with Gasteiger partial charge in [0.05, 0.1) is 12.4 Å². The minimum atomic E-state index is -3.40. The molecule has 0 saturated heterocycles. The second-order valence-electron chi connectivity index (χ2n) is 4.41. The molecule has 18 heavy (non-hydrogen) atoms. The van der Waals surface area contributed by atoms with Crippen LogP contribution in [0.5, 0.6) is 5.75 Å². The molecule has 0 fully saturated rings. The molecular formula is C12H18BrNO3S. The molecule has 0 radical (unpaired) electrons. The molecule has 102 valence electrons. The summed E-state index contributed by atoms with van der Waals surface area (Å²) in [4.78, 5) is 0. The zero-order chi connectivity index (χ0) is 13.8. The first-order chi connectivity index (χ1) is 8.29. The smallest absolute Gasteiger partial charge is 0.209 e. The highest BCUT2D eigenvalue weighted by Crippen LogP contribution is 2.29. The monoisotopic (exact) mass is 335 g/mol. The lowest BCUT2D eigenvalue weighted by Crippen LogP contribution is -2.18. The third kappa shape index (κ3) is 5.37. The van der Waals surface area contributed by atoms with Crippen molar-refractivity contribution in [3.8, 4) is 5.75 Å². The Bertz CT molecular complexity index is 500. The van der Waals surface area contributed by atoms with E-state index in [1.807, 2.05) is 18.2 Å². The zero-order valence-electron chi connectivity index (χ0n) is 10.5. The molecule has 0 atom stereocenters. The van der Waals surface area contributed by atoms with Crippen molar-refractivity contribution in [2.24, 2.45) is 5.14 Å². The topological polar surface area (TPSA) is 69.4 Å². The van der Waals surface area contributed by atoms with E-state index in [0.29, 0.717) is 18.9 Å². The third-order valence-corrected chi connectivity index (χ3v) is 3.78. The van der Waals surface area contributed by atoms with E-state index in [4.69, 9.17) is 9.88 Å². The lowest BCUT2D eigenvalue weighted by atomic mass is 10.0. The minimum absolute atomic E-state index is 0.0550. The Morgan fingerprint density at radius 2 is 2.06 bits per heavy atom. The van der Waals surface area contributed by atoms with E-state index < -0.39 is 10.0 Å². The molecule has 2 N–H and O–H groups in total. The van der Waals surface area contributed by atoms with E-state index in [0.717, 1.165) is 15.8 Å². The highest BCUT2D eigenvalue weighted by Gasteiger charge is 2.09. The van der Waals surface area contributed by atoms with Crippen LogP contribution < -0.4 is 9.88 Å². The molecule has 1 aromatic carbocycles. The molecule has 0 amide bonds. The van der Waals surface area contributed by atoms with Crippen molar-refractivity contribution in [2.45, 2.75) is 26.2 Å². The molecule has 1 rings (SSSR count). The first kappa shape index (κ1) is 15.5. The number of rotatable bonds is 6. The molecule has 0 aliphatic carbocycles. The summed E-state index contributed by atoms with van der Waals surface area (Å²) in [7, 11) is -3.40. The van der Waals surface area contributed by atoms with Crippen molar-refractivity contribution in [3.63, 3.8) is 0 Å². The van der Waals surface area contributed by atoms with Crippen LogP contribution in [0.2, 0.25) is 0 Å². The van der Waals surface area contributed by atoms with Gasteiger partial charge in [-0.3, -0.25) is 0 Å². The van der Waals surface area contributed by atoms with Crippen LogP contribution in [0.15, 0.2) is 22.7 Å². The molecule has 4 nitrogen and oxygen atoms in total. The second-order valence-corrected chi connectivity index (χ2v) is 7.06. The Hall–Kier alpha value is -0.590. The maximum Gasteiger partial charge on any atom is 0.209 e. The quantitative estimate of drug-likeness (QED) is 0.812. The maximum atomic E-state index is 10.8. The van der Waals surface area contributed by atoms with Crippen molar-refractivity contribution in [1.82, 2.24) is 0 Å². The third-order valence-electron chi connectivity index (χ3n) is 2.42. The van der Waals surface area contributed by atoms with E-state index in [9.17, 15) is 8.42 Å². The van der Waals surface area contributed by atoms with Crippen molar-refractivity contribution in [1.29, 1.82) is 0 Å². The first-order valence-corrected chi connectivity index (χ1v) is 8.23. The van der Waals surface area contributed by atoms with Gasteiger partial charge < -0.3 is 4.74 Å². The van der Waals surface area contributed by atoms with Crippen LogP contribution in [0.3, 0.4) is 0 Å². The van der Waals surface area contributed by atoms with E-state index >= 15 is 0 Å². The molecule has 0 spiro atoms. The molecule has 0 unspecified atom stereocenters. The number of primary sulfonamides is 1. The maximum absolute atomic E-state index is 10.8. The number of ether oxygens (including phenoxy) is 1. The zero-order valence-corrected chi connectivity index (χ0v) is 12.9. The summed E-state index contributed by atoms with van der Waals surface area (Å²) in [5.74, 6) is 1.08. The SMILES string of the molecule is CC(C)c1cc(Br)ccc1OCCCS(N)(=O)=O. The van der Waals surface area contributed by atoms with Gasteiger partial charge in [0.1, 0.15) is 5.75 Å². The summed E-state index contributed by atoms with van der Waals surface area (Å²) in [6.45, 7) is 4.51. The Labute approximate surface area is 117 Å². The van der Waals surface area contributed by atoms with Crippen LogP contribution in [-0.2, 0) is 10.0 Å². The van der Waals surface area contributed by atoms with E-state index in [2.05, 4.69) is 29.8 Å². The van der Waals surface area contributed by atoms with Crippen LogP contribution in [-0.4, -0.2) is 20.8 Å². The van der Waals surface area contributed by atoms with E-state index in [1.54, 1.807) is 0 Å². The second kappa shape index (κ2) is 6.54. The molecule has 6 heteroatoms. The van der Waals surface area contributed by atoms with Gasteiger partial charge in [-0.1, -0.05) is 29.8 Å². The summed E-state index contributed by atoms with van der Waals surface area (Å²) < 4.78 is 28.2. The van der Waals surface area contributed by atoms with Crippen LogP contribution in [0.1, 0.15) is 31.7 Å². The number of hydrogen-bond donors (Lipinski definition) is 1. The molecule has 0 aliphatic heterocycles. The number of nitrogens with two attached hydrogens (primary N) is 1. The predicted molar refractivity (Wildman–Crippen MR) is 76.3 cm³/mol. The summed E-state index contributed by atoms with van der Waals surface area (Å²) >= 11 is 3.42. The predicted octanol–water partition coefficient (Wildman–Crippen LogP) is 2.63. The lowest BCUT2D eigenvalue weighted by Gasteiger charge is -2.14. The summed E-state index contributed by atoms with van der Waals surface area (Å²) in [6.07, 6.45) is 0.395. The molecule has 0 aromatic heterocycles. The fraction of sp³-hybridized carbons (Fsp3) is 0.500. The van der Waals surface area contributed by atoms with Gasteiger partial charge in [-0.05, 0) is 36.1 Å². The Morgan fingerprint density at radius 3 is 2.61 bits per heavy atom. The Kier molecular flexibility index (Phi) is 5.62. The number of halogens is 1. The van der Waals surface area contributed by atoms with Crippen LogP contribution in [0.25, 0.3) is 0 Å². The van der Waals surface area contributed by atoms with Crippen LogP contribution >= 0.6 is 15.9 Å². The Balaban J connectivity index is 2.62. The van der Waals surface area contributed by atoms with Gasteiger partial charge in [-0.15, -0.1) is 0 Å². The minimum Gasteiger partial charge on any atom is -0.493 e. The Morgan fingerprint density at radius 1 is 1.39 bits per heavy atom. The average molecular weight is 336 g/mol. The molecule has 1 aromatic rings. The molecule has 0 saturated carbocycles. The summed E-state index contributed by atoms with van der Waals surface area (Å²) in [5, 5.41) is 4.92. The summed E-state index contributed by atoms with van der Waals surface area (Å²) in [5.41, 5.74) is 1.10.